The number of anilines is 1. The molecule has 0 fully saturated rings. The van der Waals surface area contributed by atoms with E-state index in [2.05, 4.69) is 31.2 Å². The number of nitrogens with zero attached hydrogens (tertiary/aromatic N) is 2. The summed E-state index contributed by atoms with van der Waals surface area (Å²) in [4.78, 5) is 17.2. The Labute approximate surface area is 112 Å². The first-order valence-corrected chi connectivity index (χ1v) is 5.97. The highest BCUT2D eigenvalue weighted by Crippen LogP contribution is 2.16. The standard InChI is InChI=1S/C12H9BrN4O/c13-10-4-2-1-3-8(10)7-15-11-5-9(6-14)16-12(18)17-11/h1-5H,7H2,(H2,15,16,17,18). The summed E-state index contributed by atoms with van der Waals surface area (Å²) in [5, 5.41) is 11.7. The van der Waals surface area contributed by atoms with Crippen LogP contribution in [-0.4, -0.2) is 9.97 Å². The largest absolute Gasteiger partial charge is 0.366 e. The molecule has 0 unspecified atom stereocenters. The van der Waals surface area contributed by atoms with Gasteiger partial charge in [0.05, 0.1) is 0 Å². The van der Waals surface area contributed by atoms with Crippen molar-refractivity contribution in [1.82, 2.24) is 9.97 Å². The van der Waals surface area contributed by atoms with Gasteiger partial charge in [-0.2, -0.15) is 10.2 Å². The molecule has 0 spiro atoms. The molecule has 1 aromatic carbocycles. The number of aromatic nitrogens is 2. The molecular weight excluding hydrogens is 296 g/mol. The van der Waals surface area contributed by atoms with Gasteiger partial charge in [-0.05, 0) is 11.6 Å². The Balaban J connectivity index is 2.16. The first-order chi connectivity index (χ1) is 8.69. The van der Waals surface area contributed by atoms with Gasteiger partial charge in [0.1, 0.15) is 17.6 Å². The zero-order valence-electron chi connectivity index (χ0n) is 9.27. The van der Waals surface area contributed by atoms with Gasteiger partial charge in [-0.25, -0.2) is 4.79 Å². The van der Waals surface area contributed by atoms with Crippen molar-refractivity contribution in [2.45, 2.75) is 6.54 Å². The molecule has 0 atom stereocenters. The fourth-order valence-corrected chi connectivity index (χ4v) is 1.86. The van der Waals surface area contributed by atoms with Crippen molar-refractivity contribution < 1.29 is 0 Å². The van der Waals surface area contributed by atoms with Crippen LogP contribution in [0.15, 0.2) is 39.6 Å². The normalized spacial score (nSPS) is 9.78. The molecular formula is C12H9BrN4O. The molecule has 0 amide bonds. The predicted octanol–water partition coefficient (Wildman–Crippen LogP) is 2.02. The average molecular weight is 305 g/mol. The first kappa shape index (κ1) is 12.3. The third-order valence-corrected chi connectivity index (χ3v) is 3.06. The van der Waals surface area contributed by atoms with E-state index in [1.54, 1.807) is 0 Å². The molecule has 0 aliphatic carbocycles. The predicted molar refractivity (Wildman–Crippen MR) is 71.0 cm³/mol. The first-order valence-electron chi connectivity index (χ1n) is 5.18. The van der Waals surface area contributed by atoms with Gasteiger partial charge in [0.2, 0.25) is 0 Å². The van der Waals surface area contributed by atoms with E-state index in [0.717, 1.165) is 10.0 Å². The zero-order valence-corrected chi connectivity index (χ0v) is 10.9. The third-order valence-electron chi connectivity index (χ3n) is 2.28. The second kappa shape index (κ2) is 5.47. The van der Waals surface area contributed by atoms with Crippen molar-refractivity contribution in [1.29, 1.82) is 5.26 Å². The quantitative estimate of drug-likeness (QED) is 0.909. The second-order valence-corrected chi connectivity index (χ2v) is 4.40. The van der Waals surface area contributed by atoms with E-state index in [4.69, 9.17) is 5.26 Å². The van der Waals surface area contributed by atoms with Crippen molar-refractivity contribution in [3.63, 3.8) is 0 Å². The highest BCUT2D eigenvalue weighted by molar-refractivity contribution is 9.10. The van der Waals surface area contributed by atoms with Gasteiger partial charge in [-0.1, -0.05) is 34.1 Å². The van der Waals surface area contributed by atoms with Gasteiger partial charge in [0, 0.05) is 17.1 Å². The lowest BCUT2D eigenvalue weighted by Gasteiger charge is -2.06. The Morgan fingerprint density at radius 3 is 2.94 bits per heavy atom. The van der Waals surface area contributed by atoms with Crippen LogP contribution < -0.4 is 11.0 Å². The number of hydrogen-bond donors (Lipinski definition) is 2. The Morgan fingerprint density at radius 2 is 2.22 bits per heavy atom. The highest BCUT2D eigenvalue weighted by atomic mass is 79.9. The molecule has 0 saturated carbocycles. The summed E-state index contributed by atoms with van der Waals surface area (Å²) in [6.45, 7) is 0.517. The Kier molecular flexibility index (Phi) is 3.75. The van der Waals surface area contributed by atoms with Gasteiger partial charge >= 0.3 is 5.69 Å². The number of nitrogens with one attached hydrogen (secondary N) is 2. The smallest absolute Gasteiger partial charge is 0.347 e. The van der Waals surface area contributed by atoms with E-state index in [9.17, 15) is 4.79 Å². The van der Waals surface area contributed by atoms with E-state index < -0.39 is 5.69 Å². The number of rotatable bonds is 3. The lowest BCUT2D eigenvalue weighted by molar-refractivity contribution is 1.02. The molecule has 2 rings (SSSR count). The van der Waals surface area contributed by atoms with Gasteiger partial charge in [-0.3, -0.25) is 4.98 Å². The molecule has 5 nitrogen and oxygen atoms in total. The number of aromatic amines is 1. The summed E-state index contributed by atoms with van der Waals surface area (Å²) in [5.74, 6) is 0.381. The molecule has 90 valence electrons. The number of hydrogen-bond acceptors (Lipinski definition) is 4. The van der Waals surface area contributed by atoms with E-state index in [1.165, 1.54) is 6.07 Å². The zero-order chi connectivity index (χ0) is 13.0. The van der Waals surface area contributed by atoms with Crippen LogP contribution in [0.2, 0.25) is 0 Å². The lowest BCUT2D eigenvalue weighted by Crippen LogP contribution is -2.15. The SMILES string of the molecule is N#Cc1cc(NCc2ccccc2Br)nc(=O)[nH]1. The van der Waals surface area contributed by atoms with Crippen LogP contribution in [0.3, 0.4) is 0 Å². The second-order valence-electron chi connectivity index (χ2n) is 3.54. The number of H-pyrrole nitrogens is 1. The average Bonchev–Trinajstić information content (AvgIpc) is 2.37. The van der Waals surface area contributed by atoms with Crippen LogP contribution in [-0.2, 0) is 6.54 Å². The van der Waals surface area contributed by atoms with Crippen LogP contribution in [0.5, 0.6) is 0 Å². The van der Waals surface area contributed by atoms with Gasteiger partial charge in [-0.15, -0.1) is 0 Å². The molecule has 1 aromatic heterocycles. The van der Waals surface area contributed by atoms with E-state index in [0.29, 0.717) is 12.4 Å². The minimum Gasteiger partial charge on any atom is -0.366 e. The molecule has 0 radical (unpaired) electrons. The van der Waals surface area contributed by atoms with Crippen molar-refractivity contribution in [2.24, 2.45) is 0 Å². The molecule has 6 heteroatoms. The molecule has 2 aromatic rings. The maximum absolute atomic E-state index is 11.2. The van der Waals surface area contributed by atoms with Crippen molar-refractivity contribution in [2.75, 3.05) is 5.32 Å². The Hall–Kier alpha value is -2.13. The van der Waals surface area contributed by atoms with Gasteiger partial charge in [0.25, 0.3) is 0 Å². The Morgan fingerprint density at radius 1 is 1.44 bits per heavy atom. The van der Waals surface area contributed by atoms with Crippen molar-refractivity contribution in [3.05, 3.63) is 56.5 Å². The fraction of sp³-hybridized carbons (Fsp3) is 0.0833. The minimum absolute atomic E-state index is 0.185. The summed E-state index contributed by atoms with van der Waals surface area (Å²) in [5.41, 5.74) is 0.686. The topological polar surface area (TPSA) is 81.6 Å². The lowest BCUT2D eigenvalue weighted by atomic mass is 10.2. The third kappa shape index (κ3) is 2.96. The summed E-state index contributed by atoms with van der Waals surface area (Å²) < 4.78 is 0.975. The van der Waals surface area contributed by atoms with E-state index >= 15 is 0 Å². The van der Waals surface area contributed by atoms with Crippen LogP contribution in [0.25, 0.3) is 0 Å². The molecule has 1 heterocycles. The molecule has 18 heavy (non-hydrogen) atoms. The minimum atomic E-state index is -0.538. The van der Waals surface area contributed by atoms with Crippen molar-refractivity contribution in [3.8, 4) is 6.07 Å². The maximum atomic E-state index is 11.2. The van der Waals surface area contributed by atoms with Gasteiger partial charge < -0.3 is 5.32 Å². The summed E-state index contributed by atoms with van der Waals surface area (Å²) in [6.07, 6.45) is 0. The molecule has 0 aliphatic heterocycles. The number of benzene rings is 1. The van der Waals surface area contributed by atoms with Gasteiger partial charge in [0.15, 0.2) is 0 Å². The molecule has 0 saturated heterocycles. The fourth-order valence-electron chi connectivity index (χ4n) is 1.44. The van der Waals surface area contributed by atoms with Crippen LogP contribution in [0, 0.1) is 11.3 Å². The maximum Gasteiger partial charge on any atom is 0.347 e. The summed E-state index contributed by atoms with van der Waals surface area (Å²) in [7, 11) is 0. The van der Waals surface area contributed by atoms with E-state index in [1.807, 2.05) is 30.3 Å². The molecule has 2 N–H and O–H groups in total. The molecule has 0 bridgehead atoms. The van der Waals surface area contributed by atoms with Crippen LogP contribution in [0.4, 0.5) is 5.82 Å². The number of nitriles is 1. The van der Waals surface area contributed by atoms with E-state index in [-0.39, 0.29) is 5.69 Å². The molecule has 0 aliphatic rings. The number of halogens is 1. The summed E-state index contributed by atoms with van der Waals surface area (Å²) >= 11 is 3.43. The summed E-state index contributed by atoms with van der Waals surface area (Å²) in [6, 6.07) is 11.1. The Bertz CT molecular complexity index is 660. The van der Waals surface area contributed by atoms with Crippen molar-refractivity contribution >= 4 is 21.7 Å². The highest BCUT2D eigenvalue weighted by Gasteiger charge is 2.02. The monoisotopic (exact) mass is 304 g/mol. The van der Waals surface area contributed by atoms with Crippen LogP contribution >= 0.6 is 15.9 Å². The van der Waals surface area contributed by atoms with Crippen LogP contribution in [0.1, 0.15) is 11.3 Å².